The summed E-state index contributed by atoms with van der Waals surface area (Å²) in [7, 11) is 1.41. The first-order valence-electron chi connectivity index (χ1n) is 10.1. The number of hydrogen-bond donors (Lipinski definition) is 0. The van der Waals surface area contributed by atoms with Gasteiger partial charge in [0, 0.05) is 6.42 Å². The molecule has 0 heterocycles. The van der Waals surface area contributed by atoms with Gasteiger partial charge in [-0.25, -0.2) is 0 Å². The highest BCUT2D eigenvalue weighted by molar-refractivity contribution is 5.69. The Morgan fingerprint density at radius 1 is 0.857 bits per heavy atom. The summed E-state index contributed by atoms with van der Waals surface area (Å²) >= 11 is 0. The van der Waals surface area contributed by atoms with Crippen LogP contribution in [0.25, 0.3) is 0 Å². The van der Waals surface area contributed by atoms with Crippen molar-refractivity contribution >= 4 is 5.97 Å². The van der Waals surface area contributed by atoms with Crippen LogP contribution < -0.4 is 4.74 Å². The number of carbonyl (C=O) groups excluding carboxylic acids is 1. The standard InChI is InChI=1S/C25H36O3/c1-20(2)8-6-9-21(3)10-7-11-22(4)18-19-28-24-15-12-23(13-16-24)14-17-25(26)27-5/h8,10,12-13,15-16,18H,6-7,9,11,14,17,19H2,1-5H3. The van der Waals surface area contributed by atoms with Crippen molar-refractivity contribution in [1.82, 2.24) is 0 Å². The van der Waals surface area contributed by atoms with Crippen LogP contribution >= 0.6 is 0 Å². The molecule has 0 aromatic heterocycles. The lowest BCUT2D eigenvalue weighted by molar-refractivity contribution is -0.140. The number of carbonyl (C=O) groups is 1. The smallest absolute Gasteiger partial charge is 0.305 e. The van der Waals surface area contributed by atoms with E-state index in [-0.39, 0.29) is 5.97 Å². The second-order valence-electron chi connectivity index (χ2n) is 7.49. The summed E-state index contributed by atoms with van der Waals surface area (Å²) in [5, 5.41) is 0. The van der Waals surface area contributed by atoms with Gasteiger partial charge >= 0.3 is 5.97 Å². The molecule has 0 amide bonds. The summed E-state index contributed by atoms with van der Waals surface area (Å²) in [4.78, 5) is 11.2. The summed E-state index contributed by atoms with van der Waals surface area (Å²) in [6.07, 6.45) is 12.3. The van der Waals surface area contributed by atoms with E-state index in [0.717, 1.165) is 37.0 Å². The Kier molecular flexibility index (Phi) is 11.7. The van der Waals surface area contributed by atoms with Crippen molar-refractivity contribution < 1.29 is 14.3 Å². The number of aryl methyl sites for hydroxylation is 1. The maximum Gasteiger partial charge on any atom is 0.305 e. The second kappa shape index (κ2) is 13.8. The van der Waals surface area contributed by atoms with E-state index in [1.807, 2.05) is 24.3 Å². The van der Waals surface area contributed by atoms with Crippen LogP contribution in [0, 0.1) is 0 Å². The second-order valence-corrected chi connectivity index (χ2v) is 7.49. The van der Waals surface area contributed by atoms with Crippen molar-refractivity contribution in [2.45, 2.75) is 66.2 Å². The van der Waals surface area contributed by atoms with Gasteiger partial charge in [0.05, 0.1) is 7.11 Å². The Balaban J connectivity index is 2.30. The molecule has 0 N–H and O–H groups in total. The molecule has 3 heteroatoms. The summed E-state index contributed by atoms with van der Waals surface area (Å²) in [5.74, 6) is 0.666. The number of esters is 1. The lowest BCUT2D eigenvalue weighted by atomic mass is 10.1. The Labute approximate surface area is 171 Å². The topological polar surface area (TPSA) is 35.5 Å². The fraction of sp³-hybridized carbons (Fsp3) is 0.480. The lowest BCUT2D eigenvalue weighted by Gasteiger charge is -2.06. The molecule has 0 saturated carbocycles. The Morgan fingerprint density at radius 2 is 1.46 bits per heavy atom. The van der Waals surface area contributed by atoms with E-state index in [0.29, 0.717) is 19.4 Å². The van der Waals surface area contributed by atoms with E-state index >= 15 is 0 Å². The maximum absolute atomic E-state index is 11.2. The van der Waals surface area contributed by atoms with Crippen molar-refractivity contribution in [2.24, 2.45) is 0 Å². The first kappa shape index (κ1) is 23.7. The number of methoxy groups -OCH3 is 1. The van der Waals surface area contributed by atoms with Crippen LogP contribution in [0.2, 0.25) is 0 Å². The summed E-state index contributed by atoms with van der Waals surface area (Å²) in [5.41, 5.74) is 5.32. The number of rotatable bonds is 12. The number of ether oxygens (including phenoxy) is 2. The van der Waals surface area contributed by atoms with Gasteiger partial charge in [0.1, 0.15) is 12.4 Å². The molecule has 3 nitrogen and oxygen atoms in total. The zero-order valence-corrected chi connectivity index (χ0v) is 18.2. The summed E-state index contributed by atoms with van der Waals surface area (Å²) < 4.78 is 10.5. The van der Waals surface area contributed by atoms with Gasteiger partial charge < -0.3 is 9.47 Å². The Hall–Kier alpha value is -2.29. The average molecular weight is 385 g/mol. The molecule has 0 radical (unpaired) electrons. The fourth-order valence-corrected chi connectivity index (χ4v) is 2.72. The van der Waals surface area contributed by atoms with Crippen LogP contribution in [0.15, 0.2) is 59.2 Å². The molecule has 0 bridgehead atoms. The molecule has 0 atom stereocenters. The molecule has 1 rings (SSSR count). The van der Waals surface area contributed by atoms with Crippen molar-refractivity contribution in [1.29, 1.82) is 0 Å². The van der Waals surface area contributed by atoms with E-state index in [4.69, 9.17) is 4.74 Å². The quantitative estimate of drug-likeness (QED) is 0.301. The number of hydrogen-bond acceptors (Lipinski definition) is 3. The van der Waals surface area contributed by atoms with Crippen LogP contribution in [0.5, 0.6) is 5.75 Å². The van der Waals surface area contributed by atoms with Gasteiger partial charge in [-0.2, -0.15) is 0 Å². The molecule has 0 aliphatic heterocycles. The third kappa shape index (κ3) is 11.4. The molecule has 0 saturated heterocycles. The summed E-state index contributed by atoms with van der Waals surface area (Å²) in [6, 6.07) is 7.90. The highest BCUT2D eigenvalue weighted by atomic mass is 16.5. The van der Waals surface area contributed by atoms with Gasteiger partial charge in [-0.1, -0.05) is 41.0 Å². The molecular formula is C25H36O3. The molecule has 0 fully saturated rings. The molecule has 0 unspecified atom stereocenters. The highest BCUT2D eigenvalue weighted by Gasteiger charge is 2.01. The molecular weight excluding hydrogens is 348 g/mol. The van der Waals surface area contributed by atoms with Crippen LogP contribution in [-0.4, -0.2) is 19.7 Å². The lowest BCUT2D eigenvalue weighted by Crippen LogP contribution is -2.02. The normalized spacial score (nSPS) is 11.9. The van der Waals surface area contributed by atoms with Crippen LogP contribution in [0.3, 0.4) is 0 Å². The van der Waals surface area contributed by atoms with Crippen LogP contribution in [0.4, 0.5) is 0 Å². The fourth-order valence-electron chi connectivity index (χ4n) is 2.72. The molecule has 1 aromatic rings. The minimum absolute atomic E-state index is 0.182. The van der Waals surface area contributed by atoms with Gasteiger partial charge in [-0.3, -0.25) is 4.79 Å². The largest absolute Gasteiger partial charge is 0.490 e. The predicted octanol–water partition coefficient (Wildman–Crippen LogP) is 6.59. The monoisotopic (exact) mass is 384 g/mol. The van der Waals surface area contributed by atoms with Gasteiger partial charge in [0.25, 0.3) is 0 Å². The third-order valence-electron chi connectivity index (χ3n) is 4.57. The van der Waals surface area contributed by atoms with E-state index in [2.05, 4.69) is 50.7 Å². The molecule has 1 aromatic carbocycles. The van der Waals surface area contributed by atoms with E-state index in [1.165, 1.54) is 23.8 Å². The minimum atomic E-state index is -0.182. The minimum Gasteiger partial charge on any atom is -0.490 e. The van der Waals surface area contributed by atoms with Gasteiger partial charge in [-0.05, 0) is 83.6 Å². The Bertz CT molecular complexity index is 674. The summed E-state index contributed by atoms with van der Waals surface area (Å²) in [6.45, 7) is 9.25. The van der Waals surface area contributed by atoms with E-state index in [1.54, 1.807) is 0 Å². The van der Waals surface area contributed by atoms with E-state index in [9.17, 15) is 4.79 Å². The number of benzene rings is 1. The van der Waals surface area contributed by atoms with Crippen molar-refractivity contribution in [2.75, 3.05) is 13.7 Å². The van der Waals surface area contributed by atoms with Crippen molar-refractivity contribution in [3.63, 3.8) is 0 Å². The predicted molar refractivity (Wildman–Crippen MR) is 118 cm³/mol. The molecule has 154 valence electrons. The van der Waals surface area contributed by atoms with Gasteiger partial charge in [-0.15, -0.1) is 0 Å². The zero-order valence-electron chi connectivity index (χ0n) is 18.2. The van der Waals surface area contributed by atoms with Crippen molar-refractivity contribution in [3.05, 3.63) is 64.8 Å². The van der Waals surface area contributed by atoms with E-state index < -0.39 is 0 Å². The first-order valence-corrected chi connectivity index (χ1v) is 10.1. The first-order chi connectivity index (χ1) is 13.4. The Morgan fingerprint density at radius 3 is 2.07 bits per heavy atom. The SMILES string of the molecule is COC(=O)CCc1ccc(OCC=C(C)CCC=C(C)CCC=C(C)C)cc1. The highest BCUT2D eigenvalue weighted by Crippen LogP contribution is 2.15. The maximum atomic E-state index is 11.2. The molecule has 0 aliphatic rings. The average Bonchev–Trinajstić information content (AvgIpc) is 2.66. The molecule has 28 heavy (non-hydrogen) atoms. The zero-order chi connectivity index (χ0) is 20.8. The van der Waals surface area contributed by atoms with Crippen molar-refractivity contribution in [3.8, 4) is 5.75 Å². The van der Waals surface area contributed by atoms with Crippen LogP contribution in [0.1, 0.15) is 65.4 Å². The van der Waals surface area contributed by atoms with Gasteiger partial charge in [0.15, 0.2) is 0 Å². The third-order valence-corrected chi connectivity index (χ3v) is 4.57. The van der Waals surface area contributed by atoms with Crippen LogP contribution in [-0.2, 0) is 16.0 Å². The molecule has 0 spiro atoms. The molecule has 0 aliphatic carbocycles. The van der Waals surface area contributed by atoms with Gasteiger partial charge in [0.2, 0.25) is 0 Å². The number of allylic oxidation sites excluding steroid dienone is 5.